The maximum absolute atomic E-state index is 14.4. The Morgan fingerprint density at radius 2 is 1.76 bits per heavy atom. The van der Waals surface area contributed by atoms with Crippen molar-refractivity contribution in [3.8, 4) is 11.5 Å². The van der Waals surface area contributed by atoms with Crippen LogP contribution in [0.5, 0.6) is 11.5 Å². The summed E-state index contributed by atoms with van der Waals surface area (Å²) in [6.07, 6.45) is 3.84. The smallest absolute Gasteiger partial charge is 0.220 e. The number of benzene rings is 2. The zero-order valence-corrected chi connectivity index (χ0v) is 16.9. The number of nitrogens with one attached hydrogen (secondary N) is 1. The highest BCUT2D eigenvalue weighted by Gasteiger charge is 2.40. The van der Waals surface area contributed by atoms with Crippen LogP contribution in [0.15, 0.2) is 36.4 Å². The summed E-state index contributed by atoms with van der Waals surface area (Å²) in [6, 6.07) is 9.40. The van der Waals surface area contributed by atoms with Gasteiger partial charge in [-0.05, 0) is 55.2 Å². The summed E-state index contributed by atoms with van der Waals surface area (Å²) in [4.78, 5) is 12.5. The zero-order valence-electron chi connectivity index (χ0n) is 16.9. The molecule has 1 N–H and O–H groups in total. The van der Waals surface area contributed by atoms with E-state index in [9.17, 15) is 13.6 Å². The molecule has 4 nitrogen and oxygen atoms in total. The Kier molecular flexibility index (Phi) is 6.72. The molecular formula is C23H27F2NO3. The van der Waals surface area contributed by atoms with E-state index in [1.165, 1.54) is 18.2 Å². The van der Waals surface area contributed by atoms with Crippen molar-refractivity contribution in [3.05, 3.63) is 59.2 Å². The first kappa shape index (κ1) is 21.1. The van der Waals surface area contributed by atoms with Crippen LogP contribution in [0.1, 0.15) is 43.2 Å². The fraction of sp³-hybridized carbons (Fsp3) is 0.435. The number of aryl methyl sites for hydroxylation is 1. The van der Waals surface area contributed by atoms with Gasteiger partial charge >= 0.3 is 0 Å². The van der Waals surface area contributed by atoms with E-state index in [4.69, 9.17) is 9.47 Å². The van der Waals surface area contributed by atoms with Crippen LogP contribution in [0.3, 0.4) is 0 Å². The lowest BCUT2D eigenvalue weighted by molar-refractivity contribution is -0.121. The molecule has 1 amide bonds. The van der Waals surface area contributed by atoms with Crippen LogP contribution in [0.2, 0.25) is 0 Å². The van der Waals surface area contributed by atoms with Gasteiger partial charge in [-0.15, -0.1) is 0 Å². The summed E-state index contributed by atoms with van der Waals surface area (Å²) in [6.45, 7) is 0.235. The van der Waals surface area contributed by atoms with Gasteiger partial charge in [0.1, 0.15) is 23.1 Å². The third kappa shape index (κ3) is 4.69. The number of ether oxygens (including phenoxy) is 2. The molecular weight excluding hydrogens is 376 g/mol. The number of amides is 1. The zero-order chi connectivity index (χ0) is 20.9. The van der Waals surface area contributed by atoms with Crippen molar-refractivity contribution >= 4 is 5.91 Å². The van der Waals surface area contributed by atoms with E-state index in [0.29, 0.717) is 30.8 Å². The number of rotatable bonds is 8. The van der Waals surface area contributed by atoms with E-state index < -0.39 is 17.0 Å². The SMILES string of the molecule is COc1ccc(OC)c(CCC(=O)NCC2(c3c(F)cccc3F)CCCC2)c1. The van der Waals surface area contributed by atoms with Gasteiger partial charge in [-0.1, -0.05) is 18.9 Å². The summed E-state index contributed by atoms with van der Waals surface area (Å²) in [5.74, 6) is 0.155. The normalized spacial score (nSPS) is 15.2. The number of carbonyl (C=O) groups is 1. The fourth-order valence-electron chi connectivity index (χ4n) is 4.25. The summed E-state index contributed by atoms with van der Waals surface area (Å²) in [7, 11) is 3.17. The predicted octanol–water partition coefficient (Wildman–Crippen LogP) is 4.54. The number of methoxy groups -OCH3 is 2. The molecule has 0 heterocycles. The van der Waals surface area contributed by atoms with Crippen molar-refractivity contribution in [2.45, 2.75) is 43.9 Å². The van der Waals surface area contributed by atoms with Gasteiger partial charge in [0.25, 0.3) is 0 Å². The Morgan fingerprint density at radius 3 is 2.38 bits per heavy atom. The van der Waals surface area contributed by atoms with Crippen LogP contribution in [-0.4, -0.2) is 26.7 Å². The van der Waals surface area contributed by atoms with Crippen LogP contribution < -0.4 is 14.8 Å². The Hall–Kier alpha value is -2.63. The van der Waals surface area contributed by atoms with Gasteiger partial charge in [0, 0.05) is 23.9 Å². The largest absolute Gasteiger partial charge is 0.497 e. The molecule has 3 rings (SSSR count). The fourth-order valence-corrected chi connectivity index (χ4v) is 4.25. The molecule has 1 saturated carbocycles. The van der Waals surface area contributed by atoms with Crippen molar-refractivity contribution in [1.82, 2.24) is 5.32 Å². The van der Waals surface area contributed by atoms with Crippen LogP contribution in [0, 0.1) is 11.6 Å². The standard InChI is InChI=1S/C23H27F2NO3/c1-28-17-9-10-20(29-2)16(14-17)8-11-21(27)26-15-23(12-3-4-13-23)22-18(24)6-5-7-19(22)25/h5-7,9-10,14H,3-4,8,11-13,15H2,1-2H3,(H,26,27). The average molecular weight is 403 g/mol. The average Bonchev–Trinajstić information content (AvgIpc) is 3.20. The summed E-state index contributed by atoms with van der Waals surface area (Å²) >= 11 is 0. The predicted molar refractivity (Wildman–Crippen MR) is 107 cm³/mol. The van der Waals surface area contributed by atoms with E-state index in [-0.39, 0.29) is 24.4 Å². The van der Waals surface area contributed by atoms with Crippen molar-refractivity contribution in [2.24, 2.45) is 0 Å². The summed E-state index contributed by atoms with van der Waals surface area (Å²) in [5.41, 5.74) is 0.295. The molecule has 0 unspecified atom stereocenters. The molecule has 0 atom stereocenters. The first-order chi connectivity index (χ1) is 14.0. The molecule has 0 saturated heterocycles. The molecule has 0 aliphatic heterocycles. The molecule has 1 aliphatic carbocycles. The van der Waals surface area contributed by atoms with Gasteiger partial charge in [0.2, 0.25) is 5.91 Å². The van der Waals surface area contributed by atoms with E-state index in [2.05, 4.69) is 5.32 Å². The molecule has 0 radical (unpaired) electrons. The van der Waals surface area contributed by atoms with Crippen molar-refractivity contribution < 1.29 is 23.0 Å². The Bertz CT molecular complexity index is 843. The van der Waals surface area contributed by atoms with E-state index in [1.54, 1.807) is 26.4 Å². The minimum Gasteiger partial charge on any atom is -0.497 e. The van der Waals surface area contributed by atoms with Gasteiger partial charge in [-0.2, -0.15) is 0 Å². The molecule has 0 spiro atoms. The lowest BCUT2D eigenvalue weighted by Crippen LogP contribution is -2.40. The van der Waals surface area contributed by atoms with Gasteiger partial charge in [0.15, 0.2) is 0 Å². The molecule has 2 aromatic carbocycles. The number of carbonyl (C=O) groups excluding carboxylic acids is 1. The third-order valence-corrected chi connectivity index (χ3v) is 5.79. The van der Waals surface area contributed by atoms with Gasteiger partial charge in [-0.3, -0.25) is 4.79 Å². The lowest BCUT2D eigenvalue weighted by atomic mass is 9.78. The van der Waals surface area contributed by atoms with Crippen LogP contribution in [-0.2, 0) is 16.6 Å². The second kappa shape index (κ2) is 9.25. The molecule has 2 aromatic rings. The third-order valence-electron chi connectivity index (χ3n) is 5.79. The van der Waals surface area contributed by atoms with E-state index in [0.717, 1.165) is 18.4 Å². The molecule has 156 valence electrons. The second-order valence-corrected chi connectivity index (χ2v) is 7.54. The molecule has 6 heteroatoms. The Balaban J connectivity index is 1.66. The maximum atomic E-state index is 14.4. The van der Waals surface area contributed by atoms with Crippen LogP contribution in [0.25, 0.3) is 0 Å². The first-order valence-corrected chi connectivity index (χ1v) is 9.91. The summed E-state index contributed by atoms with van der Waals surface area (Å²) < 4.78 is 39.4. The molecule has 0 bridgehead atoms. The highest BCUT2D eigenvalue weighted by atomic mass is 19.1. The molecule has 1 aliphatic rings. The van der Waals surface area contributed by atoms with E-state index in [1.807, 2.05) is 6.07 Å². The summed E-state index contributed by atoms with van der Waals surface area (Å²) in [5, 5.41) is 2.91. The lowest BCUT2D eigenvalue weighted by Gasteiger charge is -2.30. The number of hydrogen-bond acceptors (Lipinski definition) is 3. The highest BCUT2D eigenvalue weighted by molar-refractivity contribution is 5.76. The van der Waals surface area contributed by atoms with Gasteiger partial charge < -0.3 is 14.8 Å². The Morgan fingerprint density at radius 1 is 1.07 bits per heavy atom. The maximum Gasteiger partial charge on any atom is 0.220 e. The topological polar surface area (TPSA) is 47.6 Å². The monoisotopic (exact) mass is 403 g/mol. The molecule has 0 aromatic heterocycles. The van der Waals surface area contributed by atoms with Crippen molar-refractivity contribution in [1.29, 1.82) is 0 Å². The minimum atomic E-state index is -0.682. The number of hydrogen-bond donors (Lipinski definition) is 1. The molecule has 29 heavy (non-hydrogen) atoms. The second-order valence-electron chi connectivity index (χ2n) is 7.54. The van der Waals surface area contributed by atoms with E-state index >= 15 is 0 Å². The quantitative estimate of drug-likeness (QED) is 0.704. The minimum absolute atomic E-state index is 0.104. The number of halogens is 2. The Labute approximate surface area is 170 Å². The first-order valence-electron chi connectivity index (χ1n) is 9.91. The van der Waals surface area contributed by atoms with Crippen LogP contribution >= 0.6 is 0 Å². The van der Waals surface area contributed by atoms with Gasteiger partial charge in [-0.25, -0.2) is 8.78 Å². The molecule has 1 fully saturated rings. The van der Waals surface area contributed by atoms with Crippen molar-refractivity contribution in [3.63, 3.8) is 0 Å². The van der Waals surface area contributed by atoms with Crippen molar-refractivity contribution in [2.75, 3.05) is 20.8 Å². The highest BCUT2D eigenvalue weighted by Crippen LogP contribution is 2.42. The van der Waals surface area contributed by atoms with Gasteiger partial charge in [0.05, 0.1) is 14.2 Å². The van der Waals surface area contributed by atoms with Crippen LogP contribution in [0.4, 0.5) is 8.78 Å².